The van der Waals surface area contributed by atoms with Crippen molar-refractivity contribution < 1.29 is 14.3 Å². The van der Waals surface area contributed by atoms with Crippen LogP contribution in [0.1, 0.15) is 41.8 Å². The zero-order valence-electron chi connectivity index (χ0n) is 19.5. The van der Waals surface area contributed by atoms with E-state index < -0.39 is 6.04 Å². The van der Waals surface area contributed by atoms with E-state index in [1.54, 1.807) is 24.3 Å². The Kier molecular flexibility index (Phi) is 9.87. The Bertz CT molecular complexity index is 1170. The Morgan fingerprint density at radius 1 is 1.06 bits per heavy atom. The fourth-order valence-corrected chi connectivity index (χ4v) is 3.88. The van der Waals surface area contributed by atoms with Crippen molar-refractivity contribution in [2.24, 2.45) is 11.0 Å². The molecule has 3 rings (SSSR count). The largest absolute Gasteiger partial charge is 0.488 e. The fraction of sp³-hybridized carbons (Fsp3) is 0.222. The van der Waals surface area contributed by atoms with Crippen LogP contribution in [0.15, 0.2) is 82.4 Å². The van der Waals surface area contributed by atoms with Crippen molar-refractivity contribution >= 4 is 45.6 Å². The molecule has 0 aliphatic heterocycles. The number of benzene rings is 3. The van der Waals surface area contributed by atoms with Gasteiger partial charge in [0.1, 0.15) is 18.4 Å². The molecule has 8 heteroatoms. The van der Waals surface area contributed by atoms with Crippen molar-refractivity contribution in [1.29, 1.82) is 0 Å². The molecule has 1 atom stereocenters. The molecule has 0 fully saturated rings. The Balaban J connectivity index is 1.58. The van der Waals surface area contributed by atoms with E-state index in [-0.39, 0.29) is 17.7 Å². The van der Waals surface area contributed by atoms with Gasteiger partial charge in [-0.15, -0.1) is 0 Å². The number of hydrogen-bond acceptors (Lipinski definition) is 4. The molecule has 6 nitrogen and oxygen atoms in total. The minimum absolute atomic E-state index is 0.194. The normalized spacial score (nSPS) is 11.9. The van der Waals surface area contributed by atoms with E-state index in [2.05, 4.69) is 31.8 Å². The molecule has 0 aromatic heterocycles. The van der Waals surface area contributed by atoms with E-state index in [0.717, 1.165) is 15.6 Å². The minimum atomic E-state index is -0.726. The van der Waals surface area contributed by atoms with Crippen LogP contribution >= 0.6 is 27.5 Å². The smallest absolute Gasteiger partial charge is 0.262 e. The first-order valence-corrected chi connectivity index (χ1v) is 12.3. The van der Waals surface area contributed by atoms with Crippen LogP contribution in [-0.4, -0.2) is 24.1 Å². The number of amides is 2. The summed E-state index contributed by atoms with van der Waals surface area (Å²) in [7, 11) is 0. The first-order chi connectivity index (χ1) is 16.8. The van der Waals surface area contributed by atoms with Gasteiger partial charge in [-0.05, 0) is 81.9 Å². The maximum atomic E-state index is 12.7. The van der Waals surface area contributed by atoms with Crippen molar-refractivity contribution in [2.45, 2.75) is 32.9 Å². The number of hydrogen-bond donors (Lipinski definition) is 2. The average molecular weight is 557 g/mol. The molecule has 1 unspecified atom stereocenters. The second kappa shape index (κ2) is 13.1. The van der Waals surface area contributed by atoms with Crippen LogP contribution in [0.2, 0.25) is 5.02 Å². The lowest BCUT2D eigenvalue weighted by Gasteiger charge is -2.19. The summed E-state index contributed by atoms with van der Waals surface area (Å²) in [4.78, 5) is 25.3. The number of rotatable bonds is 10. The van der Waals surface area contributed by atoms with Gasteiger partial charge in [0.05, 0.1) is 10.7 Å². The molecule has 0 saturated heterocycles. The van der Waals surface area contributed by atoms with Crippen LogP contribution in [0, 0.1) is 5.92 Å². The molecule has 3 aromatic carbocycles. The highest BCUT2D eigenvalue weighted by molar-refractivity contribution is 9.10. The third-order valence-corrected chi connectivity index (χ3v) is 5.89. The zero-order chi connectivity index (χ0) is 25.2. The summed E-state index contributed by atoms with van der Waals surface area (Å²) in [5.41, 5.74) is 4.81. The minimum Gasteiger partial charge on any atom is -0.488 e. The van der Waals surface area contributed by atoms with Gasteiger partial charge in [0.2, 0.25) is 0 Å². The number of nitrogens with one attached hydrogen (secondary N) is 2. The topological polar surface area (TPSA) is 79.8 Å². The fourth-order valence-electron chi connectivity index (χ4n) is 3.24. The standard InChI is InChI=1S/C27H27BrClN3O3/c1-18(2)14-24(31-26(33)21-9-11-22(29)12-10-21)27(34)32-30-16-20-8-13-25(23(28)15-20)35-17-19-6-4-3-5-7-19/h3-13,15-16,18,24H,14,17H2,1-2H3,(H,31,33)(H,32,34)/b30-16+. The van der Waals surface area contributed by atoms with Gasteiger partial charge in [-0.3, -0.25) is 9.59 Å². The molecule has 3 aromatic rings. The third kappa shape index (κ3) is 8.53. The Hall–Kier alpha value is -3.16. The second-order valence-electron chi connectivity index (χ2n) is 8.36. The lowest BCUT2D eigenvalue weighted by Crippen LogP contribution is -2.46. The Labute approximate surface area is 218 Å². The van der Waals surface area contributed by atoms with Gasteiger partial charge in [0.25, 0.3) is 11.8 Å². The molecule has 0 saturated carbocycles. The molecule has 182 valence electrons. The number of nitrogens with zero attached hydrogens (tertiary/aromatic N) is 1. The van der Waals surface area contributed by atoms with E-state index in [0.29, 0.717) is 29.4 Å². The maximum absolute atomic E-state index is 12.7. The summed E-state index contributed by atoms with van der Waals surface area (Å²) in [5, 5.41) is 7.39. The summed E-state index contributed by atoms with van der Waals surface area (Å²) in [6.07, 6.45) is 2.01. The predicted molar refractivity (Wildman–Crippen MR) is 143 cm³/mol. The molecule has 35 heavy (non-hydrogen) atoms. The van der Waals surface area contributed by atoms with Gasteiger partial charge in [-0.25, -0.2) is 5.43 Å². The summed E-state index contributed by atoms with van der Waals surface area (Å²) in [6, 6.07) is 21.2. The summed E-state index contributed by atoms with van der Waals surface area (Å²) in [5.74, 6) is 0.164. The van der Waals surface area contributed by atoms with Crippen LogP contribution in [-0.2, 0) is 11.4 Å². The highest BCUT2D eigenvalue weighted by atomic mass is 79.9. The molecule has 0 aliphatic rings. The van der Waals surface area contributed by atoms with Crippen molar-refractivity contribution in [2.75, 3.05) is 0 Å². The quantitative estimate of drug-likeness (QED) is 0.238. The Morgan fingerprint density at radius 3 is 2.43 bits per heavy atom. The SMILES string of the molecule is CC(C)CC(NC(=O)c1ccc(Cl)cc1)C(=O)N/N=C/c1ccc(OCc2ccccc2)c(Br)c1. The number of hydrazone groups is 1. The number of carbonyl (C=O) groups is 2. The summed E-state index contributed by atoms with van der Waals surface area (Å²) in [6.45, 7) is 4.43. The molecule has 0 radical (unpaired) electrons. The van der Waals surface area contributed by atoms with Crippen molar-refractivity contribution in [3.63, 3.8) is 0 Å². The van der Waals surface area contributed by atoms with Gasteiger partial charge in [-0.2, -0.15) is 5.10 Å². The van der Waals surface area contributed by atoms with Gasteiger partial charge in [0.15, 0.2) is 0 Å². The number of halogens is 2. The highest BCUT2D eigenvalue weighted by Gasteiger charge is 2.22. The van der Waals surface area contributed by atoms with Crippen LogP contribution < -0.4 is 15.5 Å². The monoisotopic (exact) mass is 555 g/mol. The van der Waals surface area contributed by atoms with E-state index in [9.17, 15) is 9.59 Å². The van der Waals surface area contributed by atoms with Crippen LogP contribution in [0.5, 0.6) is 5.75 Å². The molecule has 0 spiro atoms. The predicted octanol–water partition coefficient (Wildman–Crippen LogP) is 5.98. The highest BCUT2D eigenvalue weighted by Crippen LogP contribution is 2.26. The van der Waals surface area contributed by atoms with E-state index >= 15 is 0 Å². The number of ether oxygens (including phenoxy) is 1. The van der Waals surface area contributed by atoms with Gasteiger partial charge >= 0.3 is 0 Å². The van der Waals surface area contributed by atoms with Crippen LogP contribution in [0.3, 0.4) is 0 Å². The van der Waals surface area contributed by atoms with E-state index in [4.69, 9.17) is 16.3 Å². The first-order valence-electron chi connectivity index (χ1n) is 11.2. The van der Waals surface area contributed by atoms with Crippen molar-refractivity contribution in [3.8, 4) is 5.75 Å². The molecule has 0 heterocycles. The summed E-state index contributed by atoms with van der Waals surface area (Å²) >= 11 is 9.40. The van der Waals surface area contributed by atoms with Crippen LogP contribution in [0.4, 0.5) is 0 Å². The molecule has 0 bridgehead atoms. The lowest BCUT2D eigenvalue weighted by atomic mass is 10.0. The van der Waals surface area contributed by atoms with Gasteiger partial charge in [0, 0.05) is 10.6 Å². The van der Waals surface area contributed by atoms with Gasteiger partial charge < -0.3 is 10.1 Å². The Morgan fingerprint density at radius 2 is 1.77 bits per heavy atom. The van der Waals surface area contributed by atoms with Crippen molar-refractivity contribution in [3.05, 3.63) is 99.0 Å². The van der Waals surface area contributed by atoms with E-state index in [1.807, 2.05) is 62.4 Å². The van der Waals surface area contributed by atoms with Gasteiger partial charge in [-0.1, -0.05) is 55.8 Å². The van der Waals surface area contributed by atoms with Crippen LogP contribution in [0.25, 0.3) is 0 Å². The van der Waals surface area contributed by atoms with E-state index in [1.165, 1.54) is 6.21 Å². The molecular weight excluding hydrogens is 530 g/mol. The molecular formula is C27H27BrClN3O3. The molecule has 0 aliphatic carbocycles. The lowest BCUT2D eigenvalue weighted by molar-refractivity contribution is -0.123. The molecule has 2 amide bonds. The number of carbonyl (C=O) groups excluding carboxylic acids is 2. The third-order valence-electron chi connectivity index (χ3n) is 5.02. The zero-order valence-corrected chi connectivity index (χ0v) is 21.8. The second-order valence-corrected chi connectivity index (χ2v) is 9.65. The summed E-state index contributed by atoms with van der Waals surface area (Å²) < 4.78 is 6.63. The molecule has 2 N–H and O–H groups in total. The average Bonchev–Trinajstić information content (AvgIpc) is 2.83. The first kappa shape index (κ1) is 26.4. The maximum Gasteiger partial charge on any atom is 0.262 e. The van der Waals surface area contributed by atoms with Crippen molar-refractivity contribution in [1.82, 2.24) is 10.7 Å².